The molecule has 4 nitrogen and oxygen atoms in total. The lowest BCUT2D eigenvalue weighted by Crippen LogP contribution is -2.09. The molecule has 0 fully saturated rings. The largest absolute Gasteiger partial charge is 0.382 e. The Hall–Kier alpha value is -2.62. The Labute approximate surface area is 231 Å². The lowest BCUT2D eigenvalue weighted by Gasteiger charge is -2.04. The highest BCUT2D eigenvalue weighted by Gasteiger charge is 2.02. The highest BCUT2D eigenvalue weighted by atomic mass is 16.1. The Balaban J connectivity index is 1.82. The van der Waals surface area contributed by atoms with Crippen molar-refractivity contribution in [3.8, 4) is 11.1 Å². The van der Waals surface area contributed by atoms with E-state index in [-0.39, 0.29) is 10.9 Å². The molecule has 210 valence electrons. The topological polar surface area (TPSA) is 58.2 Å². The first-order chi connectivity index (χ1) is 18.7. The van der Waals surface area contributed by atoms with Crippen molar-refractivity contribution in [3.05, 3.63) is 69.0 Å². The summed E-state index contributed by atoms with van der Waals surface area (Å²) >= 11 is 0. The fourth-order valence-electron chi connectivity index (χ4n) is 4.77. The molecule has 0 bridgehead atoms. The molecule has 0 saturated heterocycles. The van der Waals surface area contributed by atoms with Crippen LogP contribution in [0.15, 0.2) is 58.1 Å². The zero-order chi connectivity index (χ0) is 27.3. The number of nitrogens with one attached hydrogen (secondary N) is 2. The number of anilines is 2. The zero-order valence-corrected chi connectivity index (χ0v) is 24.2. The molecule has 4 heteroatoms. The fraction of sp³-hybridized carbons (Fsp3) is 0.588. The Morgan fingerprint density at radius 2 is 0.737 bits per heavy atom. The number of hydrogen-bond donors (Lipinski definition) is 2. The van der Waals surface area contributed by atoms with Gasteiger partial charge in [0.25, 0.3) is 0 Å². The summed E-state index contributed by atoms with van der Waals surface area (Å²) in [5.74, 6) is 0. The maximum Gasteiger partial charge on any atom is 0.201 e. The van der Waals surface area contributed by atoms with E-state index in [1.54, 1.807) is 12.1 Å². The molecule has 2 rings (SSSR count). The predicted octanol–water partition coefficient (Wildman–Crippen LogP) is 9.18. The van der Waals surface area contributed by atoms with E-state index in [1.165, 1.54) is 89.9 Å². The molecule has 38 heavy (non-hydrogen) atoms. The Morgan fingerprint density at radius 3 is 1.11 bits per heavy atom. The third kappa shape index (κ3) is 13.3. The molecule has 0 saturated carbocycles. The minimum atomic E-state index is -0.00615. The Bertz CT molecular complexity index is 939. The van der Waals surface area contributed by atoms with Crippen molar-refractivity contribution in [2.24, 2.45) is 0 Å². The molecule has 0 radical (unpaired) electrons. The van der Waals surface area contributed by atoms with Crippen LogP contribution in [0.1, 0.15) is 117 Å². The van der Waals surface area contributed by atoms with E-state index in [0.717, 1.165) is 37.1 Å². The molecule has 2 N–H and O–H groups in total. The molecule has 0 aliphatic heterocycles. The summed E-state index contributed by atoms with van der Waals surface area (Å²) in [7, 11) is 0. The first-order valence-corrected chi connectivity index (χ1v) is 15.4. The lowest BCUT2D eigenvalue weighted by molar-refractivity contribution is 0.581. The second-order valence-electron chi connectivity index (χ2n) is 10.6. The van der Waals surface area contributed by atoms with E-state index < -0.39 is 0 Å². The van der Waals surface area contributed by atoms with Gasteiger partial charge in [0.1, 0.15) is 0 Å². The second-order valence-corrected chi connectivity index (χ2v) is 10.6. The third-order valence-corrected chi connectivity index (χ3v) is 7.24. The van der Waals surface area contributed by atoms with Gasteiger partial charge in [0, 0.05) is 13.1 Å². The van der Waals surface area contributed by atoms with Gasteiger partial charge in [-0.2, -0.15) is 0 Å². The molecular formula is C34H52N2O2. The summed E-state index contributed by atoms with van der Waals surface area (Å²) in [6.07, 6.45) is 20.4. The van der Waals surface area contributed by atoms with Crippen LogP contribution in [0.2, 0.25) is 0 Å². The standard InChI is InChI=1S/C34H52N2O2/c1-3-5-7-9-11-13-15-17-27-35-31-23-19-29(21-25-33(31)37)30-20-24-32(34(38)26-22-30)36-28-18-16-14-12-10-8-6-4-2/h19-26H,3-18,27-28H2,1-2H3,(H,35,37)(H,36,38). The molecule has 0 heterocycles. The van der Waals surface area contributed by atoms with Crippen molar-refractivity contribution >= 4 is 11.4 Å². The minimum absolute atomic E-state index is 0.00615. The SMILES string of the molecule is CCCCCCCCCCNc1ccc(-c2ccc(NCCCCCCCCCC)c(=O)cc2)ccc1=O. The van der Waals surface area contributed by atoms with Crippen molar-refractivity contribution in [2.45, 2.75) is 117 Å². The van der Waals surface area contributed by atoms with Crippen LogP contribution in [0.4, 0.5) is 11.4 Å². The Morgan fingerprint density at radius 1 is 0.421 bits per heavy atom. The van der Waals surface area contributed by atoms with Gasteiger partial charge >= 0.3 is 0 Å². The van der Waals surface area contributed by atoms with E-state index in [2.05, 4.69) is 24.5 Å². The van der Waals surface area contributed by atoms with Crippen LogP contribution in [-0.2, 0) is 0 Å². The van der Waals surface area contributed by atoms with Crippen molar-refractivity contribution in [2.75, 3.05) is 23.7 Å². The summed E-state index contributed by atoms with van der Waals surface area (Å²) in [5, 5.41) is 6.65. The minimum Gasteiger partial charge on any atom is -0.382 e. The van der Waals surface area contributed by atoms with Crippen LogP contribution in [0, 0.1) is 0 Å². The zero-order valence-electron chi connectivity index (χ0n) is 24.2. The summed E-state index contributed by atoms with van der Waals surface area (Å²) in [6, 6.07) is 14.6. The smallest absolute Gasteiger partial charge is 0.201 e. The maximum absolute atomic E-state index is 12.6. The average Bonchev–Trinajstić information content (AvgIpc) is 3.22. The van der Waals surface area contributed by atoms with Crippen molar-refractivity contribution < 1.29 is 0 Å². The first kappa shape index (κ1) is 31.6. The van der Waals surface area contributed by atoms with Gasteiger partial charge in [0.05, 0.1) is 11.4 Å². The molecule has 0 aromatic heterocycles. The molecule has 0 spiro atoms. The first-order valence-electron chi connectivity index (χ1n) is 15.4. The van der Waals surface area contributed by atoms with E-state index in [4.69, 9.17) is 0 Å². The van der Waals surface area contributed by atoms with Crippen LogP contribution in [-0.4, -0.2) is 13.1 Å². The predicted molar refractivity (Wildman–Crippen MR) is 167 cm³/mol. The van der Waals surface area contributed by atoms with Gasteiger partial charge in [-0.3, -0.25) is 9.59 Å². The van der Waals surface area contributed by atoms with E-state index in [9.17, 15) is 9.59 Å². The molecule has 0 amide bonds. The molecule has 0 aliphatic carbocycles. The van der Waals surface area contributed by atoms with Gasteiger partial charge in [0.2, 0.25) is 10.9 Å². The van der Waals surface area contributed by atoms with Crippen LogP contribution in [0.25, 0.3) is 11.1 Å². The van der Waals surface area contributed by atoms with Crippen LogP contribution in [0.5, 0.6) is 0 Å². The summed E-state index contributed by atoms with van der Waals surface area (Å²) in [5.41, 5.74) is 3.11. The molecule has 0 unspecified atom stereocenters. The Kier molecular flexibility index (Phi) is 16.9. The van der Waals surface area contributed by atoms with Gasteiger partial charge in [0.15, 0.2) is 0 Å². The summed E-state index contributed by atoms with van der Waals surface area (Å²) in [6.45, 7) is 6.13. The van der Waals surface area contributed by atoms with Gasteiger partial charge < -0.3 is 10.6 Å². The molecule has 2 aromatic rings. The van der Waals surface area contributed by atoms with Gasteiger partial charge in [-0.1, -0.05) is 128 Å². The van der Waals surface area contributed by atoms with Crippen LogP contribution < -0.4 is 21.5 Å². The van der Waals surface area contributed by atoms with E-state index in [0.29, 0.717) is 11.4 Å². The molecular weight excluding hydrogens is 468 g/mol. The molecule has 0 aliphatic rings. The maximum atomic E-state index is 12.6. The number of rotatable bonds is 21. The van der Waals surface area contributed by atoms with E-state index in [1.807, 2.05) is 36.4 Å². The number of unbranched alkanes of at least 4 members (excludes halogenated alkanes) is 14. The monoisotopic (exact) mass is 520 g/mol. The summed E-state index contributed by atoms with van der Waals surface area (Å²) < 4.78 is 0. The highest BCUT2D eigenvalue weighted by Crippen LogP contribution is 2.18. The van der Waals surface area contributed by atoms with Crippen LogP contribution >= 0.6 is 0 Å². The van der Waals surface area contributed by atoms with Crippen molar-refractivity contribution in [3.63, 3.8) is 0 Å². The highest BCUT2D eigenvalue weighted by molar-refractivity contribution is 5.65. The van der Waals surface area contributed by atoms with Gasteiger partial charge in [-0.05, 0) is 48.2 Å². The third-order valence-electron chi connectivity index (χ3n) is 7.24. The van der Waals surface area contributed by atoms with Gasteiger partial charge in [-0.15, -0.1) is 0 Å². The van der Waals surface area contributed by atoms with Crippen molar-refractivity contribution in [1.82, 2.24) is 0 Å². The fourth-order valence-corrected chi connectivity index (χ4v) is 4.77. The van der Waals surface area contributed by atoms with E-state index >= 15 is 0 Å². The van der Waals surface area contributed by atoms with Crippen LogP contribution in [0.3, 0.4) is 0 Å². The average molecular weight is 521 g/mol. The quantitative estimate of drug-likeness (QED) is 0.161. The lowest BCUT2D eigenvalue weighted by atomic mass is 10.1. The second kappa shape index (κ2) is 20.4. The molecule has 0 atom stereocenters. The van der Waals surface area contributed by atoms with Gasteiger partial charge in [-0.25, -0.2) is 0 Å². The summed E-state index contributed by atoms with van der Waals surface area (Å²) in [4.78, 5) is 25.2. The normalized spacial score (nSPS) is 10.9. The molecule has 2 aromatic carbocycles. The number of hydrogen-bond acceptors (Lipinski definition) is 4. The van der Waals surface area contributed by atoms with Crippen molar-refractivity contribution in [1.29, 1.82) is 0 Å².